The minimum atomic E-state index is -0.0645. The summed E-state index contributed by atoms with van der Waals surface area (Å²) in [6.45, 7) is 7.53. The number of nitrogens with zero attached hydrogens (tertiary/aromatic N) is 4. The van der Waals surface area contributed by atoms with Gasteiger partial charge in [0.1, 0.15) is 0 Å². The summed E-state index contributed by atoms with van der Waals surface area (Å²) in [5.41, 5.74) is 1.07. The lowest BCUT2D eigenvalue weighted by atomic mass is 9.97. The number of hydrogen-bond donors (Lipinski definition) is 0. The molecular weight excluding hydrogens is 348 g/mol. The van der Waals surface area contributed by atoms with Gasteiger partial charge in [0.2, 0.25) is 0 Å². The van der Waals surface area contributed by atoms with E-state index in [1.807, 2.05) is 29.8 Å². The molecular formula is C19H26N4O2S. The lowest BCUT2D eigenvalue weighted by Crippen LogP contribution is -2.38. The molecule has 0 atom stereocenters. The number of carbonyl (C=O) groups is 1. The second kappa shape index (κ2) is 8.60. The summed E-state index contributed by atoms with van der Waals surface area (Å²) in [6.07, 6.45) is 1.65. The van der Waals surface area contributed by atoms with Crippen LogP contribution in [0.2, 0.25) is 0 Å². The first-order chi connectivity index (χ1) is 12.6. The second-order valence-corrected chi connectivity index (χ2v) is 6.87. The van der Waals surface area contributed by atoms with Crippen molar-refractivity contribution in [3.05, 3.63) is 35.1 Å². The largest absolute Gasteiger partial charge is 0.466 e. The fourth-order valence-electron chi connectivity index (χ4n) is 3.38. The van der Waals surface area contributed by atoms with Crippen LogP contribution in [0.4, 0.5) is 0 Å². The van der Waals surface area contributed by atoms with Gasteiger partial charge in [0.25, 0.3) is 0 Å². The van der Waals surface area contributed by atoms with Gasteiger partial charge in [-0.05, 0) is 38.9 Å². The van der Waals surface area contributed by atoms with Gasteiger partial charge in [0, 0.05) is 25.2 Å². The van der Waals surface area contributed by atoms with Crippen molar-refractivity contribution in [2.45, 2.75) is 39.9 Å². The third-order valence-corrected chi connectivity index (χ3v) is 5.24. The standard InChI is InChI=1S/C19H26N4O2S/c1-3-22-17(15-8-6-5-7-9-15)20-23(19(22)26)14-21-12-10-16(11-13-21)18(24)25-4-2/h5-9,16H,3-4,10-14H2,1-2H3. The first kappa shape index (κ1) is 18.8. The number of piperidine rings is 1. The maximum Gasteiger partial charge on any atom is 0.309 e. The van der Waals surface area contributed by atoms with E-state index in [1.165, 1.54) is 0 Å². The predicted molar refractivity (Wildman–Crippen MR) is 103 cm³/mol. The van der Waals surface area contributed by atoms with Gasteiger partial charge in [-0.2, -0.15) is 5.10 Å². The Morgan fingerprint density at radius 2 is 1.92 bits per heavy atom. The summed E-state index contributed by atoms with van der Waals surface area (Å²) in [5, 5.41) is 4.77. The third-order valence-electron chi connectivity index (χ3n) is 4.81. The molecule has 2 aromatic rings. The van der Waals surface area contributed by atoms with Crippen LogP contribution in [0.15, 0.2) is 30.3 Å². The van der Waals surface area contributed by atoms with E-state index in [-0.39, 0.29) is 11.9 Å². The fourth-order valence-corrected chi connectivity index (χ4v) is 3.69. The zero-order valence-electron chi connectivity index (χ0n) is 15.4. The van der Waals surface area contributed by atoms with Crippen LogP contribution >= 0.6 is 12.2 Å². The van der Waals surface area contributed by atoms with Crippen molar-refractivity contribution < 1.29 is 9.53 Å². The molecule has 140 valence electrons. The summed E-state index contributed by atoms with van der Waals surface area (Å²) in [6, 6.07) is 10.1. The number of hydrogen-bond acceptors (Lipinski definition) is 5. The molecule has 1 aromatic heterocycles. The van der Waals surface area contributed by atoms with E-state index in [9.17, 15) is 4.79 Å². The van der Waals surface area contributed by atoms with Crippen molar-refractivity contribution in [3.63, 3.8) is 0 Å². The summed E-state index contributed by atoms with van der Waals surface area (Å²) in [5.74, 6) is 0.858. The molecule has 26 heavy (non-hydrogen) atoms. The lowest BCUT2D eigenvalue weighted by Gasteiger charge is -2.30. The van der Waals surface area contributed by atoms with E-state index in [4.69, 9.17) is 22.1 Å². The number of benzene rings is 1. The number of rotatable bonds is 6. The van der Waals surface area contributed by atoms with Gasteiger partial charge < -0.3 is 9.30 Å². The van der Waals surface area contributed by atoms with E-state index < -0.39 is 0 Å². The molecule has 0 N–H and O–H groups in total. The first-order valence-electron chi connectivity index (χ1n) is 9.26. The maximum atomic E-state index is 11.9. The number of carbonyl (C=O) groups excluding carboxylic acids is 1. The van der Waals surface area contributed by atoms with E-state index in [1.54, 1.807) is 0 Å². The van der Waals surface area contributed by atoms with Crippen LogP contribution in [-0.2, 0) is 22.7 Å². The maximum absolute atomic E-state index is 11.9. The molecule has 0 aliphatic carbocycles. The van der Waals surface area contributed by atoms with Crippen LogP contribution in [0, 0.1) is 10.7 Å². The van der Waals surface area contributed by atoms with Crippen LogP contribution in [0.5, 0.6) is 0 Å². The molecule has 1 fully saturated rings. The molecule has 0 unspecified atom stereocenters. The molecule has 2 heterocycles. The quantitative estimate of drug-likeness (QED) is 0.573. The van der Waals surface area contributed by atoms with E-state index in [2.05, 4.69) is 28.5 Å². The zero-order valence-corrected chi connectivity index (χ0v) is 16.2. The first-order valence-corrected chi connectivity index (χ1v) is 9.66. The molecule has 7 heteroatoms. The Hall–Kier alpha value is -1.99. The smallest absolute Gasteiger partial charge is 0.309 e. The molecule has 1 saturated heterocycles. The van der Waals surface area contributed by atoms with E-state index in [0.717, 1.165) is 48.6 Å². The van der Waals surface area contributed by atoms with Crippen LogP contribution in [0.3, 0.4) is 0 Å². The summed E-state index contributed by atoms with van der Waals surface area (Å²) in [4.78, 5) is 14.2. The highest BCUT2D eigenvalue weighted by atomic mass is 32.1. The SMILES string of the molecule is CCOC(=O)C1CCN(Cn2nc(-c3ccccc3)n(CC)c2=S)CC1. The highest BCUT2D eigenvalue weighted by Gasteiger charge is 2.26. The summed E-state index contributed by atoms with van der Waals surface area (Å²) in [7, 11) is 0. The van der Waals surface area contributed by atoms with Crippen LogP contribution in [0.1, 0.15) is 26.7 Å². The monoisotopic (exact) mass is 374 g/mol. The molecule has 3 rings (SSSR count). The molecule has 0 saturated carbocycles. The van der Waals surface area contributed by atoms with Gasteiger partial charge in [-0.1, -0.05) is 30.3 Å². The minimum absolute atomic E-state index is 0.0206. The molecule has 1 aromatic carbocycles. The average molecular weight is 375 g/mol. The highest BCUT2D eigenvalue weighted by molar-refractivity contribution is 7.71. The molecule has 0 radical (unpaired) electrons. The van der Waals surface area contributed by atoms with Crippen molar-refractivity contribution in [2.24, 2.45) is 5.92 Å². The van der Waals surface area contributed by atoms with Crippen molar-refractivity contribution in [1.29, 1.82) is 0 Å². The summed E-state index contributed by atoms with van der Waals surface area (Å²) < 4.78 is 9.84. The average Bonchev–Trinajstić information content (AvgIpc) is 2.99. The topological polar surface area (TPSA) is 52.3 Å². The van der Waals surface area contributed by atoms with Crippen molar-refractivity contribution >= 4 is 18.2 Å². The van der Waals surface area contributed by atoms with Crippen molar-refractivity contribution in [3.8, 4) is 11.4 Å². The van der Waals surface area contributed by atoms with Crippen LogP contribution < -0.4 is 0 Å². The Labute approximate surface area is 159 Å². The van der Waals surface area contributed by atoms with Gasteiger partial charge in [-0.25, -0.2) is 4.68 Å². The van der Waals surface area contributed by atoms with Crippen LogP contribution in [-0.4, -0.2) is 44.9 Å². The molecule has 0 bridgehead atoms. The summed E-state index contributed by atoms with van der Waals surface area (Å²) >= 11 is 5.64. The second-order valence-electron chi connectivity index (χ2n) is 6.50. The van der Waals surface area contributed by atoms with Gasteiger partial charge in [0.05, 0.1) is 19.2 Å². The molecule has 6 nitrogen and oxygen atoms in total. The normalized spacial score (nSPS) is 15.9. The van der Waals surface area contributed by atoms with E-state index >= 15 is 0 Å². The van der Waals surface area contributed by atoms with E-state index in [0.29, 0.717) is 13.3 Å². The number of aromatic nitrogens is 3. The Bertz CT molecular complexity index is 792. The third kappa shape index (κ3) is 4.04. The van der Waals surface area contributed by atoms with Gasteiger partial charge in [-0.3, -0.25) is 9.69 Å². The zero-order chi connectivity index (χ0) is 18.5. The number of ether oxygens (including phenoxy) is 1. The predicted octanol–water partition coefficient (Wildman–Crippen LogP) is 3.33. The molecule has 1 aliphatic rings. The van der Waals surface area contributed by atoms with Crippen molar-refractivity contribution in [1.82, 2.24) is 19.2 Å². The Morgan fingerprint density at radius 1 is 1.23 bits per heavy atom. The fraction of sp³-hybridized carbons (Fsp3) is 0.526. The van der Waals surface area contributed by atoms with Crippen LogP contribution in [0.25, 0.3) is 11.4 Å². The molecule has 1 aliphatic heterocycles. The number of likely N-dealkylation sites (tertiary alicyclic amines) is 1. The Morgan fingerprint density at radius 3 is 2.54 bits per heavy atom. The Kier molecular flexibility index (Phi) is 6.21. The Balaban J connectivity index is 1.71. The van der Waals surface area contributed by atoms with Crippen molar-refractivity contribution in [2.75, 3.05) is 19.7 Å². The number of esters is 1. The molecule has 0 spiro atoms. The van der Waals surface area contributed by atoms with Gasteiger partial charge in [-0.15, -0.1) is 0 Å². The minimum Gasteiger partial charge on any atom is -0.466 e. The molecule has 0 amide bonds. The van der Waals surface area contributed by atoms with Gasteiger partial charge in [0.15, 0.2) is 10.6 Å². The lowest BCUT2D eigenvalue weighted by molar-refractivity contribution is -0.149. The van der Waals surface area contributed by atoms with Gasteiger partial charge >= 0.3 is 5.97 Å². The highest BCUT2D eigenvalue weighted by Crippen LogP contribution is 2.21.